The van der Waals surface area contributed by atoms with Gasteiger partial charge in [0.2, 0.25) is 5.76 Å². The van der Waals surface area contributed by atoms with Crippen LogP contribution in [0.1, 0.15) is 22.1 Å². The maximum absolute atomic E-state index is 10.9. The van der Waals surface area contributed by atoms with E-state index < -0.39 is 5.97 Å². The second-order valence-electron chi connectivity index (χ2n) is 5.41. The minimum atomic E-state index is -1.06. The third-order valence-corrected chi connectivity index (χ3v) is 3.38. The lowest BCUT2D eigenvalue weighted by molar-refractivity contribution is 0.0660. The summed E-state index contributed by atoms with van der Waals surface area (Å²) in [5.74, 6) is 0.406. The third kappa shape index (κ3) is 2.73. The number of fused-ring (bicyclic) bond motifs is 1. The molecule has 0 saturated carbocycles. The zero-order valence-corrected chi connectivity index (χ0v) is 12.5. The number of nitrogens with zero attached hydrogens (tertiary/aromatic N) is 3. The number of carboxylic acids is 1. The topological polar surface area (TPSA) is 71.5 Å². The average Bonchev–Trinajstić information content (AvgIpc) is 3.05. The van der Waals surface area contributed by atoms with E-state index in [0.717, 1.165) is 16.9 Å². The summed E-state index contributed by atoms with van der Waals surface area (Å²) in [5.41, 5.74) is 1.93. The first-order valence-corrected chi connectivity index (χ1v) is 6.95. The van der Waals surface area contributed by atoms with Crippen LogP contribution in [-0.4, -0.2) is 39.6 Å². The Bertz CT molecular complexity index is 817. The predicted octanol–water partition coefficient (Wildman–Crippen LogP) is 2.44. The Morgan fingerprint density at radius 2 is 2.05 bits per heavy atom. The first kappa shape index (κ1) is 14.3. The molecule has 0 aliphatic rings. The van der Waals surface area contributed by atoms with Gasteiger partial charge in [0, 0.05) is 0 Å². The lowest BCUT2D eigenvalue weighted by atomic mass is 10.3. The summed E-state index contributed by atoms with van der Waals surface area (Å²) in [7, 11) is 3.97. The van der Waals surface area contributed by atoms with Crippen molar-refractivity contribution in [3.8, 4) is 0 Å². The lowest BCUT2D eigenvalue weighted by Crippen LogP contribution is -2.16. The molecule has 3 rings (SSSR count). The monoisotopic (exact) mass is 299 g/mol. The van der Waals surface area contributed by atoms with E-state index in [4.69, 9.17) is 9.52 Å². The number of hydrogen-bond donors (Lipinski definition) is 1. The van der Waals surface area contributed by atoms with Gasteiger partial charge in [-0.3, -0.25) is 0 Å². The van der Waals surface area contributed by atoms with Crippen molar-refractivity contribution < 1.29 is 14.3 Å². The molecule has 0 amide bonds. The molecule has 6 nitrogen and oxygen atoms in total. The SMILES string of the molecule is CN(C)Cc1nc2ccccc2n1Cc1ccc(C(=O)O)o1. The van der Waals surface area contributed by atoms with Crippen molar-refractivity contribution in [2.45, 2.75) is 13.1 Å². The fraction of sp³-hybridized carbons (Fsp3) is 0.250. The van der Waals surface area contributed by atoms with Crippen LogP contribution in [0.2, 0.25) is 0 Å². The normalized spacial score (nSPS) is 11.4. The molecule has 1 aromatic carbocycles. The van der Waals surface area contributed by atoms with Gasteiger partial charge >= 0.3 is 5.97 Å². The Labute approximate surface area is 127 Å². The van der Waals surface area contributed by atoms with E-state index in [1.54, 1.807) is 6.07 Å². The molecule has 0 saturated heterocycles. The van der Waals surface area contributed by atoms with Gasteiger partial charge in [-0.25, -0.2) is 9.78 Å². The number of para-hydroxylation sites is 2. The maximum atomic E-state index is 10.9. The maximum Gasteiger partial charge on any atom is 0.371 e. The van der Waals surface area contributed by atoms with E-state index in [0.29, 0.717) is 18.8 Å². The van der Waals surface area contributed by atoms with Crippen molar-refractivity contribution >= 4 is 17.0 Å². The van der Waals surface area contributed by atoms with Crippen LogP contribution in [0, 0.1) is 0 Å². The van der Waals surface area contributed by atoms with Crippen molar-refractivity contribution in [2.24, 2.45) is 0 Å². The molecule has 0 unspecified atom stereocenters. The van der Waals surface area contributed by atoms with Crippen LogP contribution in [0.15, 0.2) is 40.8 Å². The minimum absolute atomic E-state index is 0.0476. The molecular weight excluding hydrogens is 282 g/mol. The molecule has 0 fully saturated rings. The zero-order valence-electron chi connectivity index (χ0n) is 12.5. The number of carbonyl (C=O) groups is 1. The number of furan rings is 1. The van der Waals surface area contributed by atoms with Crippen LogP contribution in [0.3, 0.4) is 0 Å². The van der Waals surface area contributed by atoms with E-state index in [9.17, 15) is 4.79 Å². The summed E-state index contributed by atoms with van der Waals surface area (Å²) in [6.07, 6.45) is 0. The number of carboxylic acid groups (broad SMARTS) is 1. The smallest absolute Gasteiger partial charge is 0.371 e. The Hall–Kier alpha value is -2.60. The molecule has 1 N–H and O–H groups in total. The Kier molecular flexibility index (Phi) is 3.68. The van der Waals surface area contributed by atoms with Crippen LogP contribution in [0.5, 0.6) is 0 Å². The summed E-state index contributed by atoms with van der Waals surface area (Å²) in [4.78, 5) is 17.6. The van der Waals surface area contributed by atoms with Gasteiger partial charge in [-0.15, -0.1) is 0 Å². The molecule has 22 heavy (non-hydrogen) atoms. The Morgan fingerprint density at radius 1 is 1.27 bits per heavy atom. The highest BCUT2D eigenvalue weighted by Gasteiger charge is 2.14. The molecular formula is C16H17N3O3. The van der Waals surface area contributed by atoms with Gasteiger partial charge in [-0.1, -0.05) is 12.1 Å². The molecule has 2 aromatic heterocycles. The van der Waals surface area contributed by atoms with Gasteiger partial charge in [0.05, 0.1) is 24.1 Å². The highest BCUT2D eigenvalue weighted by molar-refractivity contribution is 5.84. The van der Waals surface area contributed by atoms with Gasteiger partial charge in [0.15, 0.2) is 0 Å². The highest BCUT2D eigenvalue weighted by atomic mass is 16.4. The third-order valence-electron chi connectivity index (χ3n) is 3.38. The predicted molar refractivity (Wildman–Crippen MR) is 81.9 cm³/mol. The summed E-state index contributed by atoms with van der Waals surface area (Å²) in [5, 5.41) is 8.95. The second-order valence-corrected chi connectivity index (χ2v) is 5.41. The van der Waals surface area contributed by atoms with Crippen LogP contribution in [-0.2, 0) is 13.1 Å². The molecule has 0 spiro atoms. The fourth-order valence-corrected chi connectivity index (χ4v) is 2.44. The van der Waals surface area contributed by atoms with Gasteiger partial charge in [-0.05, 0) is 38.4 Å². The molecule has 114 valence electrons. The van der Waals surface area contributed by atoms with Gasteiger partial charge < -0.3 is 19.0 Å². The Balaban J connectivity index is 2.01. The summed E-state index contributed by atoms with van der Waals surface area (Å²) in [6.45, 7) is 1.15. The van der Waals surface area contributed by atoms with Crippen LogP contribution in [0.25, 0.3) is 11.0 Å². The minimum Gasteiger partial charge on any atom is -0.475 e. The number of hydrogen-bond acceptors (Lipinski definition) is 4. The highest BCUT2D eigenvalue weighted by Crippen LogP contribution is 2.19. The number of benzene rings is 1. The number of rotatable bonds is 5. The molecule has 0 radical (unpaired) electrons. The first-order valence-electron chi connectivity index (χ1n) is 6.95. The fourth-order valence-electron chi connectivity index (χ4n) is 2.44. The standard InChI is InChI=1S/C16H17N3O3/c1-18(2)10-15-17-12-5-3-4-6-13(12)19(15)9-11-7-8-14(22-11)16(20)21/h3-8H,9-10H2,1-2H3,(H,20,21). The van der Waals surface area contributed by atoms with Crippen molar-refractivity contribution in [3.05, 3.63) is 53.7 Å². The molecule has 0 bridgehead atoms. The van der Waals surface area contributed by atoms with E-state index in [-0.39, 0.29) is 5.76 Å². The van der Waals surface area contributed by atoms with E-state index in [2.05, 4.69) is 9.55 Å². The summed E-state index contributed by atoms with van der Waals surface area (Å²) >= 11 is 0. The van der Waals surface area contributed by atoms with Crippen molar-refractivity contribution in [2.75, 3.05) is 14.1 Å². The van der Waals surface area contributed by atoms with Crippen molar-refractivity contribution in [3.63, 3.8) is 0 Å². The zero-order chi connectivity index (χ0) is 15.7. The molecule has 0 aliphatic heterocycles. The molecule has 3 aromatic rings. The number of imidazole rings is 1. The van der Waals surface area contributed by atoms with Crippen LogP contribution < -0.4 is 0 Å². The van der Waals surface area contributed by atoms with Crippen LogP contribution >= 0.6 is 0 Å². The van der Waals surface area contributed by atoms with Crippen LogP contribution in [0.4, 0.5) is 0 Å². The van der Waals surface area contributed by atoms with Gasteiger partial charge in [0.1, 0.15) is 11.6 Å². The van der Waals surface area contributed by atoms with Gasteiger partial charge in [0.25, 0.3) is 0 Å². The summed E-state index contributed by atoms with van der Waals surface area (Å²) < 4.78 is 7.42. The summed E-state index contributed by atoms with van der Waals surface area (Å²) in [6, 6.07) is 11.1. The van der Waals surface area contributed by atoms with Crippen molar-refractivity contribution in [1.29, 1.82) is 0 Å². The molecule has 2 heterocycles. The Morgan fingerprint density at radius 3 is 2.73 bits per heavy atom. The lowest BCUT2D eigenvalue weighted by Gasteiger charge is -2.11. The first-order chi connectivity index (χ1) is 10.5. The van der Waals surface area contributed by atoms with E-state index in [1.807, 2.05) is 43.3 Å². The quantitative estimate of drug-likeness (QED) is 0.783. The second kappa shape index (κ2) is 5.65. The number of aromatic nitrogens is 2. The molecule has 6 heteroatoms. The average molecular weight is 299 g/mol. The van der Waals surface area contributed by atoms with Crippen molar-refractivity contribution in [1.82, 2.24) is 14.5 Å². The van der Waals surface area contributed by atoms with E-state index in [1.165, 1.54) is 6.07 Å². The largest absolute Gasteiger partial charge is 0.475 e. The van der Waals surface area contributed by atoms with Gasteiger partial charge in [-0.2, -0.15) is 0 Å². The molecule has 0 atom stereocenters. The number of aromatic carboxylic acids is 1. The van der Waals surface area contributed by atoms with E-state index >= 15 is 0 Å². The molecule has 0 aliphatic carbocycles.